The van der Waals surface area contributed by atoms with Crippen molar-refractivity contribution in [1.29, 1.82) is 0 Å². The molecule has 0 aliphatic carbocycles. The summed E-state index contributed by atoms with van der Waals surface area (Å²) in [6.07, 6.45) is 3.02. The lowest BCUT2D eigenvalue weighted by molar-refractivity contribution is -0.122. The summed E-state index contributed by atoms with van der Waals surface area (Å²) in [6.45, 7) is 5.90. The fourth-order valence-corrected chi connectivity index (χ4v) is 1.52. The Hall–Kier alpha value is -2.09. The Morgan fingerprint density at radius 2 is 2.05 bits per heavy atom. The molecule has 0 radical (unpaired) electrons. The minimum Gasteiger partial charge on any atom is -0.444 e. The number of aromatic nitrogens is 2. The summed E-state index contributed by atoms with van der Waals surface area (Å²) >= 11 is 0. The lowest BCUT2D eigenvalue weighted by atomic mass is 10.1. The molecule has 1 heterocycles. The molecule has 8 heteroatoms. The lowest BCUT2D eigenvalue weighted by Gasteiger charge is -2.19. The number of hydrogen-bond acceptors (Lipinski definition) is 5. The fourth-order valence-electron chi connectivity index (χ4n) is 1.52. The van der Waals surface area contributed by atoms with E-state index in [1.807, 2.05) is 0 Å². The van der Waals surface area contributed by atoms with Crippen LogP contribution >= 0.6 is 0 Å². The van der Waals surface area contributed by atoms with E-state index >= 15 is 0 Å². The highest BCUT2D eigenvalue weighted by Crippen LogP contribution is 2.05. The van der Waals surface area contributed by atoms with Gasteiger partial charge in [0.2, 0.25) is 5.91 Å². The number of hydrogen-bond donors (Lipinski definition) is 4. The largest absolute Gasteiger partial charge is 0.444 e. The van der Waals surface area contributed by atoms with Gasteiger partial charge in [0.05, 0.1) is 12.4 Å². The molecule has 0 aliphatic heterocycles. The third kappa shape index (κ3) is 7.31. The summed E-state index contributed by atoms with van der Waals surface area (Å²) in [4.78, 5) is 29.8. The number of aromatic amines is 1. The molecule has 1 rings (SSSR count). The number of nitrogens with zero attached hydrogens (tertiary/aromatic N) is 1. The molecule has 8 nitrogen and oxygen atoms in total. The first-order valence-corrected chi connectivity index (χ1v) is 6.75. The van der Waals surface area contributed by atoms with Crippen molar-refractivity contribution in [3.05, 3.63) is 18.2 Å². The van der Waals surface area contributed by atoms with Gasteiger partial charge in [0.15, 0.2) is 0 Å². The maximum absolute atomic E-state index is 11.7. The van der Waals surface area contributed by atoms with Crippen molar-refractivity contribution in [2.75, 3.05) is 13.1 Å². The van der Waals surface area contributed by atoms with Crippen LogP contribution in [-0.2, 0) is 16.0 Å². The van der Waals surface area contributed by atoms with Crippen molar-refractivity contribution in [3.8, 4) is 0 Å². The molecular formula is C13H23N5O3. The second-order valence-electron chi connectivity index (χ2n) is 5.61. The van der Waals surface area contributed by atoms with Crippen LogP contribution in [0, 0.1) is 0 Å². The minimum atomic E-state index is -0.660. The van der Waals surface area contributed by atoms with Crippen LogP contribution in [-0.4, -0.2) is 46.7 Å². The summed E-state index contributed by atoms with van der Waals surface area (Å²) in [5, 5.41) is 5.19. The zero-order valence-corrected chi connectivity index (χ0v) is 12.6. The molecule has 0 aromatic carbocycles. The molecule has 0 fully saturated rings. The van der Waals surface area contributed by atoms with Gasteiger partial charge in [0, 0.05) is 31.4 Å². The maximum Gasteiger partial charge on any atom is 0.407 e. The molecule has 21 heavy (non-hydrogen) atoms. The number of rotatable bonds is 6. The number of alkyl carbamates (subject to hydrolysis) is 1. The monoisotopic (exact) mass is 297 g/mol. The molecule has 0 bridgehead atoms. The van der Waals surface area contributed by atoms with Gasteiger partial charge in [-0.1, -0.05) is 0 Å². The molecule has 1 atom stereocenters. The molecule has 0 saturated carbocycles. The van der Waals surface area contributed by atoms with Crippen LogP contribution in [0.25, 0.3) is 0 Å². The number of H-pyrrole nitrogens is 1. The number of amides is 2. The van der Waals surface area contributed by atoms with Gasteiger partial charge in [-0.25, -0.2) is 9.78 Å². The standard InChI is InChI=1S/C13H23N5O3/c1-13(2,3)21-12(20)17-5-4-16-11(19)10(14)6-9-7-15-8-18-9/h7-8,10H,4-6,14H2,1-3H3,(H,15,18)(H,16,19)(H,17,20). The van der Waals surface area contributed by atoms with Crippen molar-refractivity contribution in [3.63, 3.8) is 0 Å². The van der Waals surface area contributed by atoms with Crippen molar-refractivity contribution < 1.29 is 14.3 Å². The van der Waals surface area contributed by atoms with Gasteiger partial charge in [-0.3, -0.25) is 4.79 Å². The van der Waals surface area contributed by atoms with Crippen LogP contribution in [0.2, 0.25) is 0 Å². The zero-order chi connectivity index (χ0) is 15.9. The van der Waals surface area contributed by atoms with Crippen LogP contribution in [0.4, 0.5) is 4.79 Å². The Labute approximate surface area is 123 Å². The van der Waals surface area contributed by atoms with Gasteiger partial charge in [-0.15, -0.1) is 0 Å². The zero-order valence-electron chi connectivity index (χ0n) is 12.6. The van der Waals surface area contributed by atoms with Crippen molar-refractivity contribution >= 4 is 12.0 Å². The number of carbonyl (C=O) groups excluding carboxylic acids is 2. The van der Waals surface area contributed by atoms with Gasteiger partial charge in [-0.2, -0.15) is 0 Å². The molecular weight excluding hydrogens is 274 g/mol. The fraction of sp³-hybridized carbons (Fsp3) is 0.615. The predicted octanol–water partition coefficient (Wildman–Crippen LogP) is -0.0796. The van der Waals surface area contributed by atoms with Crippen LogP contribution in [0.15, 0.2) is 12.5 Å². The number of nitrogens with one attached hydrogen (secondary N) is 3. The average Bonchev–Trinajstić information content (AvgIpc) is 2.84. The summed E-state index contributed by atoms with van der Waals surface area (Å²) in [6, 6.07) is -0.660. The highest BCUT2D eigenvalue weighted by atomic mass is 16.6. The minimum absolute atomic E-state index is 0.275. The molecule has 1 aromatic rings. The highest BCUT2D eigenvalue weighted by Gasteiger charge is 2.16. The van der Waals surface area contributed by atoms with Gasteiger partial charge in [0.25, 0.3) is 0 Å². The van der Waals surface area contributed by atoms with Crippen LogP contribution in [0.5, 0.6) is 0 Å². The number of carbonyl (C=O) groups is 2. The second kappa shape index (κ2) is 7.63. The molecule has 1 aromatic heterocycles. The summed E-state index contributed by atoms with van der Waals surface area (Å²) < 4.78 is 5.06. The van der Waals surface area contributed by atoms with E-state index in [0.717, 1.165) is 5.69 Å². The van der Waals surface area contributed by atoms with Crippen LogP contribution < -0.4 is 16.4 Å². The van der Waals surface area contributed by atoms with E-state index in [2.05, 4.69) is 20.6 Å². The molecule has 2 amide bonds. The van der Waals surface area contributed by atoms with Crippen molar-refractivity contribution in [1.82, 2.24) is 20.6 Å². The number of nitrogens with two attached hydrogens (primary N) is 1. The highest BCUT2D eigenvalue weighted by molar-refractivity contribution is 5.81. The van der Waals surface area contributed by atoms with E-state index in [9.17, 15) is 9.59 Å². The van der Waals surface area contributed by atoms with Crippen LogP contribution in [0.1, 0.15) is 26.5 Å². The Bertz CT molecular complexity index is 453. The SMILES string of the molecule is CC(C)(C)OC(=O)NCCNC(=O)C(N)Cc1cnc[nH]1. The Kier molecular flexibility index (Phi) is 6.16. The maximum atomic E-state index is 11.7. The summed E-state index contributed by atoms with van der Waals surface area (Å²) in [5.41, 5.74) is 6.02. The summed E-state index contributed by atoms with van der Waals surface area (Å²) in [5.74, 6) is -0.282. The Balaban J connectivity index is 2.17. The van der Waals surface area contributed by atoms with E-state index < -0.39 is 17.7 Å². The first kappa shape index (κ1) is 17.0. The molecule has 0 spiro atoms. The summed E-state index contributed by atoms with van der Waals surface area (Å²) in [7, 11) is 0. The van der Waals surface area contributed by atoms with Crippen LogP contribution in [0.3, 0.4) is 0 Å². The predicted molar refractivity (Wildman–Crippen MR) is 77.5 cm³/mol. The average molecular weight is 297 g/mol. The van der Waals surface area contributed by atoms with Gasteiger partial charge in [-0.05, 0) is 20.8 Å². The molecule has 118 valence electrons. The smallest absolute Gasteiger partial charge is 0.407 e. The van der Waals surface area contributed by atoms with Crippen molar-refractivity contribution in [2.45, 2.75) is 38.8 Å². The van der Waals surface area contributed by atoms with E-state index in [1.54, 1.807) is 27.0 Å². The van der Waals surface area contributed by atoms with E-state index in [4.69, 9.17) is 10.5 Å². The van der Waals surface area contributed by atoms with Gasteiger partial charge >= 0.3 is 6.09 Å². The molecule has 1 unspecified atom stereocenters. The first-order valence-electron chi connectivity index (χ1n) is 6.75. The second-order valence-corrected chi connectivity index (χ2v) is 5.61. The topological polar surface area (TPSA) is 122 Å². The molecule has 5 N–H and O–H groups in total. The normalized spacial score (nSPS) is 12.6. The third-order valence-corrected chi connectivity index (χ3v) is 2.42. The molecule has 0 saturated heterocycles. The number of ether oxygens (including phenoxy) is 1. The van der Waals surface area contributed by atoms with Crippen molar-refractivity contribution in [2.24, 2.45) is 5.73 Å². The Morgan fingerprint density at radius 3 is 2.62 bits per heavy atom. The lowest BCUT2D eigenvalue weighted by Crippen LogP contribution is -2.45. The van der Waals surface area contributed by atoms with E-state index in [1.165, 1.54) is 6.33 Å². The first-order chi connectivity index (χ1) is 9.78. The van der Waals surface area contributed by atoms with Gasteiger partial charge < -0.3 is 26.1 Å². The quantitative estimate of drug-likeness (QED) is 0.547. The van der Waals surface area contributed by atoms with Gasteiger partial charge in [0.1, 0.15) is 5.60 Å². The Morgan fingerprint density at radius 1 is 1.38 bits per heavy atom. The third-order valence-electron chi connectivity index (χ3n) is 2.42. The molecule has 0 aliphatic rings. The van der Waals surface area contributed by atoms with E-state index in [0.29, 0.717) is 6.42 Å². The van der Waals surface area contributed by atoms with E-state index in [-0.39, 0.29) is 19.0 Å². The number of imidazole rings is 1.